The van der Waals surface area contributed by atoms with Crippen molar-refractivity contribution in [3.63, 3.8) is 0 Å². The standard InChI is InChI=1S/C18H20O8/c1-21-10-4-6-11(7-5-10)24-18-15(20)14(19)16-13(25-18)9-23-17(26-16)12-3-2-8-22-12/h2-8,13-20H,9H2,1H3. The summed E-state index contributed by atoms with van der Waals surface area (Å²) in [6, 6.07) is 10.3. The topological polar surface area (TPSA) is 99.8 Å². The fourth-order valence-electron chi connectivity index (χ4n) is 3.03. The summed E-state index contributed by atoms with van der Waals surface area (Å²) < 4.78 is 33.1. The molecule has 0 spiro atoms. The van der Waals surface area contributed by atoms with Gasteiger partial charge in [0.25, 0.3) is 0 Å². The van der Waals surface area contributed by atoms with Gasteiger partial charge >= 0.3 is 0 Å². The minimum Gasteiger partial charge on any atom is -0.497 e. The van der Waals surface area contributed by atoms with Gasteiger partial charge in [-0.3, -0.25) is 0 Å². The molecule has 0 radical (unpaired) electrons. The second-order valence-electron chi connectivity index (χ2n) is 6.10. The maximum atomic E-state index is 10.5. The summed E-state index contributed by atoms with van der Waals surface area (Å²) in [5, 5.41) is 20.9. The van der Waals surface area contributed by atoms with Crippen LogP contribution >= 0.6 is 0 Å². The van der Waals surface area contributed by atoms with Gasteiger partial charge in [-0.25, -0.2) is 0 Å². The predicted molar refractivity (Wildman–Crippen MR) is 86.6 cm³/mol. The van der Waals surface area contributed by atoms with Crippen LogP contribution in [0.25, 0.3) is 0 Å². The van der Waals surface area contributed by atoms with E-state index in [2.05, 4.69) is 0 Å². The molecule has 1 aromatic heterocycles. The first-order valence-corrected chi connectivity index (χ1v) is 8.28. The fourth-order valence-corrected chi connectivity index (χ4v) is 3.03. The van der Waals surface area contributed by atoms with Gasteiger partial charge in [-0.15, -0.1) is 0 Å². The summed E-state index contributed by atoms with van der Waals surface area (Å²) in [4.78, 5) is 0. The Morgan fingerprint density at radius 3 is 2.46 bits per heavy atom. The Hall–Kier alpha value is -2.10. The zero-order valence-electron chi connectivity index (χ0n) is 14.1. The molecule has 3 heterocycles. The molecule has 2 aromatic rings. The van der Waals surface area contributed by atoms with Gasteiger partial charge in [0, 0.05) is 0 Å². The number of furan rings is 1. The molecule has 8 nitrogen and oxygen atoms in total. The van der Waals surface area contributed by atoms with Crippen molar-refractivity contribution in [1.82, 2.24) is 0 Å². The molecule has 2 fully saturated rings. The number of hydrogen-bond acceptors (Lipinski definition) is 8. The number of methoxy groups -OCH3 is 1. The van der Waals surface area contributed by atoms with E-state index in [4.69, 9.17) is 28.1 Å². The summed E-state index contributed by atoms with van der Waals surface area (Å²) >= 11 is 0. The molecule has 0 aliphatic carbocycles. The first-order chi connectivity index (χ1) is 12.7. The summed E-state index contributed by atoms with van der Waals surface area (Å²) in [6.45, 7) is 0.169. The summed E-state index contributed by atoms with van der Waals surface area (Å²) in [6.07, 6.45) is -4.11. The molecule has 1 aromatic carbocycles. The molecule has 8 heteroatoms. The highest BCUT2D eigenvalue weighted by Crippen LogP contribution is 2.35. The fraction of sp³-hybridized carbons (Fsp3) is 0.444. The minimum absolute atomic E-state index is 0.169. The number of aliphatic hydroxyl groups excluding tert-OH is 2. The van der Waals surface area contributed by atoms with Crippen LogP contribution in [0.3, 0.4) is 0 Å². The Balaban J connectivity index is 1.43. The lowest BCUT2D eigenvalue weighted by molar-refractivity contribution is -0.352. The van der Waals surface area contributed by atoms with Gasteiger partial charge in [0.15, 0.2) is 5.76 Å². The molecule has 6 unspecified atom stereocenters. The molecule has 0 saturated carbocycles. The zero-order valence-corrected chi connectivity index (χ0v) is 14.1. The number of ether oxygens (including phenoxy) is 5. The largest absolute Gasteiger partial charge is 0.497 e. The summed E-state index contributed by atoms with van der Waals surface area (Å²) in [5.74, 6) is 1.65. The Bertz CT molecular complexity index is 698. The Morgan fingerprint density at radius 2 is 1.77 bits per heavy atom. The van der Waals surface area contributed by atoms with Crippen LogP contribution in [0.15, 0.2) is 47.1 Å². The van der Waals surface area contributed by atoms with Crippen LogP contribution in [-0.2, 0) is 14.2 Å². The third kappa shape index (κ3) is 3.29. The van der Waals surface area contributed by atoms with Crippen molar-refractivity contribution in [2.45, 2.75) is 37.0 Å². The molecule has 2 aliphatic heterocycles. The molecule has 6 atom stereocenters. The van der Waals surface area contributed by atoms with Crippen LogP contribution in [0.2, 0.25) is 0 Å². The number of hydrogen-bond donors (Lipinski definition) is 2. The van der Waals surface area contributed by atoms with E-state index in [1.807, 2.05) is 0 Å². The van der Waals surface area contributed by atoms with Crippen molar-refractivity contribution in [3.05, 3.63) is 48.4 Å². The van der Waals surface area contributed by atoms with Crippen molar-refractivity contribution in [2.75, 3.05) is 13.7 Å². The highest BCUT2D eigenvalue weighted by molar-refractivity contribution is 5.31. The van der Waals surface area contributed by atoms with Gasteiger partial charge in [-0.2, -0.15) is 0 Å². The maximum Gasteiger partial charge on any atom is 0.229 e. The van der Waals surface area contributed by atoms with Crippen LogP contribution in [0, 0.1) is 0 Å². The summed E-state index contributed by atoms with van der Waals surface area (Å²) in [7, 11) is 1.57. The molecule has 140 valence electrons. The van der Waals surface area contributed by atoms with Crippen molar-refractivity contribution in [3.8, 4) is 11.5 Å². The number of rotatable bonds is 4. The van der Waals surface area contributed by atoms with Crippen molar-refractivity contribution >= 4 is 0 Å². The first kappa shape index (κ1) is 17.3. The normalized spacial score (nSPS) is 34.1. The third-order valence-electron chi connectivity index (χ3n) is 4.42. The molecular formula is C18H20O8. The van der Waals surface area contributed by atoms with Crippen LogP contribution in [0.4, 0.5) is 0 Å². The maximum absolute atomic E-state index is 10.5. The van der Waals surface area contributed by atoms with Crippen LogP contribution < -0.4 is 9.47 Å². The van der Waals surface area contributed by atoms with Gasteiger partial charge in [0.2, 0.25) is 12.6 Å². The molecule has 2 saturated heterocycles. The Kier molecular flexibility index (Phi) is 4.84. The Labute approximate surface area is 149 Å². The monoisotopic (exact) mass is 364 g/mol. The van der Waals surface area contributed by atoms with Crippen molar-refractivity contribution in [1.29, 1.82) is 0 Å². The smallest absolute Gasteiger partial charge is 0.229 e. The van der Waals surface area contributed by atoms with Crippen LogP contribution in [0.1, 0.15) is 12.1 Å². The van der Waals surface area contributed by atoms with E-state index in [9.17, 15) is 10.2 Å². The first-order valence-electron chi connectivity index (χ1n) is 8.28. The second kappa shape index (κ2) is 7.26. The van der Waals surface area contributed by atoms with Crippen LogP contribution in [-0.4, -0.2) is 54.6 Å². The number of benzene rings is 1. The zero-order chi connectivity index (χ0) is 18.1. The molecular weight excluding hydrogens is 344 g/mol. The highest BCUT2D eigenvalue weighted by atomic mass is 16.8. The molecule has 0 bridgehead atoms. The lowest BCUT2D eigenvalue weighted by atomic mass is 9.98. The lowest BCUT2D eigenvalue weighted by Crippen LogP contribution is -2.62. The predicted octanol–water partition coefficient (Wildman–Crippen LogP) is 1.23. The molecule has 0 amide bonds. The van der Waals surface area contributed by atoms with Gasteiger partial charge in [-0.1, -0.05) is 0 Å². The average molecular weight is 364 g/mol. The SMILES string of the molecule is COc1ccc(OC2OC3COC(c4ccco4)OC3C(O)C2O)cc1. The van der Waals surface area contributed by atoms with Gasteiger partial charge in [-0.05, 0) is 36.4 Å². The van der Waals surface area contributed by atoms with Crippen molar-refractivity contribution < 1.29 is 38.3 Å². The Morgan fingerprint density at radius 1 is 1.00 bits per heavy atom. The van der Waals surface area contributed by atoms with Gasteiger partial charge in [0.1, 0.15) is 35.9 Å². The van der Waals surface area contributed by atoms with E-state index in [0.29, 0.717) is 17.3 Å². The van der Waals surface area contributed by atoms with Gasteiger partial charge in [0.05, 0.1) is 20.0 Å². The quantitative estimate of drug-likeness (QED) is 0.836. The van der Waals surface area contributed by atoms with E-state index in [-0.39, 0.29) is 6.61 Å². The minimum atomic E-state index is -1.28. The van der Waals surface area contributed by atoms with E-state index >= 15 is 0 Å². The molecule has 2 N–H and O–H groups in total. The van der Waals surface area contributed by atoms with Crippen molar-refractivity contribution in [2.24, 2.45) is 0 Å². The number of aliphatic hydroxyl groups is 2. The molecule has 4 rings (SSSR count). The van der Waals surface area contributed by atoms with E-state index < -0.39 is 37.0 Å². The van der Waals surface area contributed by atoms with E-state index in [0.717, 1.165) is 0 Å². The van der Waals surface area contributed by atoms with Gasteiger partial charge < -0.3 is 38.3 Å². The van der Waals surface area contributed by atoms with E-state index in [1.54, 1.807) is 43.5 Å². The number of fused-ring (bicyclic) bond motifs is 1. The highest BCUT2D eigenvalue weighted by Gasteiger charge is 2.50. The lowest BCUT2D eigenvalue weighted by Gasteiger charge is -2.45. The van der Waals surface area contributed by atoms with Crippen LogP contribution in [0.5, 0.6) is 11.5 Å². The average Bonchev–Trinajstić information content (AvgIpc) is 3.21. The second-order valence-corrected chi connectivity index (χ2v) is 6.10. The third-order valence-corrected chi connectivity index (χ3v) is 4.42. The van der Waals surface area contributed by atoms with E-state index in [1.165, 1.54) is 6.26 Å². The molecule has 26 heavy (non-hydrogen) atoms. The summed E-state index contributed by atoms with van der Waals surface area (Å²) in [5.41, 5.74) is 0. The molecule has 2 aliphatic rings.